The van der Waals surface area contributed by atoms with Crippen LogP contribution in [-0.2, 0) is 6.42 Å². The Balaban J connectivity index is 1.83. The summed E-state index contributed by atoms with van der Waals surface area (Å²) in [4.78, 5) is 0.429. The van der Waals surface area contributed by atoms with Crippen LogP contribution >= 0.6 is 12.2 Å². The van der Waals surface area contributed by atoms with Gasteiger partial charge in [-0.1, -0.05) is 42.5 Å². The third kappa shape index (κ3) is 4.07. The fourth-order valence-corrected chi connectivity index (χ4v) is 2.34. The first-order valence-electron chi connectivity index (χ1n) is 6.74. The highest BCUT2D eigenvalue weighted by Crippen LogP contribution is 2.17. The molecule has 0 atom stereocenters. The second kappa shape index (κ2) is 7.06. The van der Waals surface area contributed by atoms with E-state index < -0.39 is 0 Å². The highest BCUT2D eigenvalue weighted by molar-refractivity contribution is 7.80. The molecule has 20 heavy (non-hydrogen) atoms. The summed E-state index contributed by atoms with van der Waals surface area (Å²) in [5.41, 5.74) is 8.95. The van der Waals surface area contributed by atoms with Gasteiger partial charge in [0.1, 0.15) is 10.7 Å². The maximum atomic E-state index is 5.76. The van der Waals surface area contributed by atoms with Gasteiger partial charge in [0.15, 0.2) is 0 Å². The summed E-state index contributed by atoms with van der Waals surface area (Å²) in [7, 11) is 0. The summed E-state index contributed by atoms with van der Waals surface area (Å²) in [6, 6.07) is 16.3. The zero-order chi connectivity index (χ0) is 14.4. The Morgan fingerprint density at radius 2 is 1.90 bits per heavy atom. The van der Waals surface area contributed by atoms with Gasteiger partial charge in [-0.3, -0.25) is 0 Å². The maximum Gasteiger partial charge on any atom is 0.119 e. The third-order valence-electron chi connectivity index (χ3n) is 3.18. The van der Waals surface area contributed by atoms with Crippen molar-refractivity contribution < 1.29 is 4.74 Å². The lowest BCUT2D eigenvalue weighted by Crippen LogP contribution is -2.11. The van der Waals surface area contributed by atoms with Gasteiger partial charge in [0.2, 0.25) is 0 Å². The van der Waals surface area contributed by atoms with Crippen LogP contribution in [0.1, 0.15) is 23.1 Å². The number of nitrogens with two attached hydrogens (primary N) is 1. The molecule has 0 amide bonds. The van der Waals surface area contributed by atoms with Crippen molar-refractivity contribution in [3.63, 3.8) is 0 Å². The number of benzene rings is 2. The van der Waals surface area contributed by atoms with E-state index >= 15 is 0 Å². The van der Waals surface area contributed by atoms with E-state index in [0.717, 1.165) is 29.7 Å². The summed E-state index contributed by atoms with van der Waals surface area (Å²) in [6.07, 6.45) is 2.03. The minimum atomic E-state index is 0.429. The molecule has 2 aromatic rings. The zero-order valence-electron chi connectivity index (χ0n) is 11.6. The van der Waals surface area contributed by atoms with E-state index in [-0.39, 0.29) is 0 Å². The molecular formula is C17H19NOS. The monoisotopic (exact) mass is 285 g/mol. The van der Waals surface area contributed by atoms with Gasteiger partial charge in [-0.2, -0.15) is 0 Å². The largest absolute Gasteiger partial charge is 0.494 e. The Morgan fingerprint density at radius 1 is 1.15 bits per heavy atom. The molecule has 2 aromatic carbocycles. The molecular weight excluding hydrogens is 266 g/mol. The van der Waals surface area contributed by atoms with Crippen LogP contribution in [-0.4, -0.2) is 11.6 Å². The molecule has 0 fully saturated rings. The Bertz CT molecular complexity index is 581. The lowest BCUT2D eigenvalue weighted by atomic mass is 10.1. The van der Waals surface area contributed by atoms with Gasteiger partial charge in [0.05, 0.1) is 6.61 Å². The minimum Gasteiger partial charge on any atom is -0.494 e. The number of aryl methyl sites for hydroxylation is 2. The van der Waals surface area contributed by atoms with Crippen LogP contribution in [0.15, 0.2) is 48.5 Å². The van der Waals surface area contributed by atoms with Crippen LogP contribution in [0.5, 0.6) is 5.75 Å². The molecule has 0 spiro atoms. The number of rotatable bonds is 6. The normalized spacial score (nSPS) is 10.2. The molecule has 0 saturated carbocycles. The highest BCUT2D eigenvalue weighted by Gasteiger charge is 2.03. The molecule has 0 aliphatic rings. The minimum absolute atomic E-state index is 0.429. The van der Waals surface area contributed by atoms with Crippen molar-refractivity contribution in [1.29, 1.82) is 0 Å². The molecule has 0 aromatic heterocycles. The first-order valence-corrected chi connectivity index (χ1v) is 7.15. The Kier molecular flexibility index (Phi) is 5.13. The molecule has 2 rings (SSSR count). The maximum absolute atomic E-state index is 5.76. The number of hydrogen-bond acceptors (Lipinski definition) is 2. The molecule has 0 aliphatic heterocycles. The van der Waals surface area contributed by atoms with Crippen LogP contribution in [0.4, 0.5) is 0 Å². The van der Waals surface area contributed by atoms with E-state index in [1.807, 2.05) is 31.2 Å². The van der Waals surface area contributed by atoms with E-state index in [2.05, 4.69) is 24.3 Å². The van der Waals surface area contributed by atoms with Gasteiger partial charge in [0.25, 0.3) is 0 Å². The van der Waals surface area contributed by atoms with Crippen molar-refractivity contribution in [3.05, 3.63) is 65.2 Å². The van der Waals surface area contributed by atoms with Crippen LogP contribution < -0.4 is 10.5 Å². The summed E-state index contributed by atoms with van der Waals surface area (Å²) in [6.45, 7) is 2.70. The van der Waals surface area contributed by atoms with E-state index in [1.165, 1.54) is 5.56 Å². The Hall–Kier alpha value is -1.87. The fourth-order valence-electron chi connectivity index (χ4n) is 2.11. The predicted molar refractivity (Wildman–Crippen MR) is 87.3 cm³/mol. The summed E-state index contributed by atoms with van der Waals surface area (Å²) >= 11 is 4.99. The van der Waals surface area contributed by atoms with Gasteiger partial charge in [-0.05, 0) is 49.1 Å². The second-order valence-electron chi connectivity index (χ2n) is 4.78. The van der Waals surface area contributed by atoms with Crippen molar-refractivity contribution in [2.45, 2.75) is 19.8 Å². The van der Waals surface area contributed by atoms with Crippen molar-refractivity contribution in [1.82, 2.24) is 0 Å². The third-order valence-corrected chi connectivity index (χ3v) is 3.40. The lowest BCUT2D eigenvalue weighted by Gasteiger charge is -2.09. The fraction of sp³-hybridized carbons (Fsp3) is 0.235. The van der Waals surface area contributed by atoms with Crippen molar-refractivity contribution >= 4 is 17.2 Å². The van der Waals surface area contributed by atoms with Crippen molar-refractivity contribution in [2.24, 2.45) is 5.73 Å². The molecule has 2 nitrogen and oxygen atoms in total. The molecule has 0 aliphatic carbocycles. The van der Waals surface area contributed by atoms with Crippen LogP contribution in [0, 0.1) is 6.92 Å². The Labute approximate surface area is 125 Å². The van der Waals surface area contributed by atoms with Gasteiger partial charge >= 0.3 is 0 Å². The molecule has 0 saturated heterocycles. The van der Waals surface area contributed by atoms with Crippen LogP contribution in [0.2, 0.25) is 0 Å². The van der Waals surface area contributed by atoms with E-state index in [0.29, 0.717) is 11.6 Å². The van der Waals surface area contributed by atoms with E-state index in [9.17, 15) is 0 Å². The number of thiocarbonyl (C=S) groups is 1. The Morgan fingerprint density at radius 3 is 2.55 bits per heavy atom. The highest BCUT2D eigenvalue weighted by atomic mass is 32.1. The molecule has 0 bridgehead atoms. The first kappa shape index (κ1) is 14.5. The van der Waals surface area contributed by atoms with E-state index in [4.69, 9.17) is 22.7 Å². The molecule has 2 N–H and O–H groups in total. The van der Waals surface area contributed by atoms with E-state index in [1.54, 1.807) is 0 Å². The zero-order valence-corrected chi connectivity index (χ0v) is 12.5. The summed E-state index contributed by atoms with van der Waals surface area (Å²) in [5.74, 6) is 0.871. The van der Waals surface area contributed by atoms with Crippen LogP contribution in [0.3, 0.4) is 0 Å². The molecule has 0 unspecified atom stereocenters. The topological polar surface area (TPSA) is 35.2 Å². The smallest absolute Gasteiger partial charge is 0.119 e. The summed E-state index contributed by atoms with van der Waals surface area (Å²) < 4.78 is 5.76. The van der Waals surface area contributed by atoms with Gasteiger partial charge in [0, 0.05) is 5.56 Å². The second-order valence-corrected chi connectivity index (χ2v) is 5.22. The molecule has 104 valence electrons. The average Bonchev–Trinajstić information content (AvgIpc) is 2.44. The standard InChI is InChI=1S/C17H19NOS/c1-13-12-15(9-10-16(13)17(18)20)19-11-5-8-14-6-3-2-4-7-14/h2-4,6-7,9-10,12H,5,8,11H2,1H3,(H2,18,20). The number of hydrogen-bond donors (Lipinski definition) is 1. The van der Waals surface area contributed by atoms with Crippen molar-refractivity contribution in [2.75, 3.05) is 6.61 Å². The van der Waals surface area contributed by atoms with Gasteiger partial charge in [-0.25, -0.2) is 0 Å². The lowest BCUT2D eigenvalue weighted by molar-refractivity contribution is 0.311. The van der Waals surface area contributed by atoms with Crippen molar-refractivity contribution in [3.8, 4) is 5.75 Å². The first-order chi connectivity index (χ1) is 9.66. The molecule has 3 heteroatoms. The molecule has 0 radical (unpaired) electrons. The average molecular weight is 285 g/mol. The summed E-state index contributed by atoms with van der Waals surface area (Å²) in [5, 5.41) is 0. The van der Waals surface area contributed by atoms with Crippen LogP contribution in [0.25, 0.3) is 0 Å². The van der Waals surface area contributed by atoms with Gasteiger partial charge in [-0.15, -0.1) is 0 Å². The predicted octanol–water partition coefficient (Wildman–Crippen LogP) is 3.64. The van der Waals surface area contributed by atoms with Gasteiger partial charge < -0.3 is 10.5 Å². The number of ether oxygens (including phenoxy) is 1. The molecule has 0 heterocycles. The quantitative estimate of drug-likeness (QED) is 0.650. The SMILES string of the molecule is Cc1cc(OCCCc2ccccc2)ccc1C(N)=S.